The molecule has 1 aliphatic rings. The van der Waals surface area contributed by atoms with Gasteiger partial charge in [0.15, 0.2) is 0 Å². The van der Waals surface area contributed by atoms with Crippen LogP contribution in [0, 0.1) is 5.82 Å². The number of halogens is 2. The van der Waals surface area contributed by atoms with Crippen molar-refractivity contribution >= 4 is 39.5 Å². The molecule has 1 N–H and O–H groups in total. The van der Waals surface area contributed by atoms with Crippen molar-refractivity contribution in [2.75, 3.05) is 19.5 Å². The average molecular weight is 423 g/mol. The summed E-state index contributed by atoms with van der Waals surface area (Å²) in [6.07, 6.45) is 8.65. The first-order valence-corrected chi connectivity index (χ1v) is 9.78. The molecule has 0 aliphatic heterocycles. The fourth-order valence-corrected chi connectivity index (χ4v) is 3.51. The SMILES string of the molecule is COC1=C(c2cc3ccc(OC)cc3c(Nc3ccc(F)c(Cl)c3)n2)C=CC=CC1. The first-order chi connectivity index (χ1) is 14.6. The molecular weight excluding hydrogens is 403 g/mol. The molecule has 4 rings (SSSR count). The second-order valence-electron chi connectivity index (χ2n) is 6.73. The van der Waals surface area contributed by atoms with Crippen LogP contribution >= 0.6 is 11.6 Å². The van der Waals surface area contributed by atoms with Gasteiger partial charge >= 0.3 is 0 Å². The van der Waals surface area contributed by atoms with Gasteiger partial charge in [0, 0.05) is 23.1 Å². The van der Waals surface area contributed by atoms with Crippen LogP contribution in [0.3, 0.4) is 0 Å². The van der Waals surface area contributed by atoms with Gasteiger partial charge in [-0.3, -0.25) is 0 Å². The number of ether oxygens (including phenoxy) is 2. The predicted octanol–water partition coefficient (Wildman–Crippen LogP) is 6.65. The molecule has 0 unspecified atom stereocenters. The van der Waals surface area contributed by atoms with Gasteiger partial charge in [-0.25, -0.2) is 9.37 Å². The van der Waals surface area contributed by atoms with Crippen LogP contribution in [0.1, 0.15) is 12.1 Å². The molecule has 0 atom stereocenters. The minimum atomic E-state index is -0.471. The van der Waals surface area contributed by atoms with Crippen LogP contribution < -0.4 is 10.1 Å². The van der Waals surface area contributed by atoms with Crippen molar-refractivity contribution < 1.29 is 13.9 Å². The lowest BCUT2D eigenvalue weighted by Crippen LogP contribution is -2.01. The summed E-state index contributed by atoms with van der Waals surface area (Å²) < 4.78 is 24.6. The molecule has 0 bridgehead atoms. The number of hydrogen-bond donors (Lipinski definition) is 1. The highest BCUT2D eigenvalue weighted by atomic mass is 35.5. The Bertz CT molecular complexity index is 1200. The van der Waals surface area contributed by atoms with Crippen LogP contribution in [0.25, 0.3) is 16.3 Å². The third-order valence-electron chi connectivity index (χ3n) is 4.86. The van der Waals surface area contributed by atoms with Crippen molar-refractivity contribution in [1.82, 2.24) is 4.98 Å². The second kappa shape index (κ2) is 8.59. The van der Waals surface area contributed by atoms with Gasteiger partial charge in [0.05, 0.1) is 24.9 Å². The van der Waals surface area contributed by atoms with E-state index in [1.807, 2.05) is 48.6 Å². The number of methoxy groups -OCH3 is 2. The number of fused-ring (bicyclic) bond motifs is 1. The number of benzene rings is 2. The molecule has 1 aromatic heterocycles. The fraction of sp³-hybridized carbons (Fsp3) is 0.125. The Morgan fingerprint density at radius 1 is 1.03 bits per heavy atom. The zero-order valence-electron chi connectivity index (χ0n) is 16.6. The van der Waals surface area contributed by atoms with Crippen molar-refractivity contribution in [1.29, 1.82) is 0 Å². The van der Waals surface area contributed by atoms with E-state index in [1.165, 1.54) is 12.1 Å². The lowest BCUT2D eigenvalue weighted by atomic mass is 10.0. The van der Waals surface area contributed by atoms with E-state index < -0.39 is 5.82 Å². The molecule has 1 aliphatic carbocycles. The molecule has 4 nitrogen and oxygen atoms in total. The first-order valence-electron chi connectivity index (χ1n) is 9.40. The van der Waals surface area contributed by atoms with E-state index in [1.54, 1.807) is 20.3 Å². The Labute approximate surface area is 179 Å². The standard InChI is InChI=1S/C24H20ClFN2O2/c1-29-17-10-8-15-12-22(18-6-4-3-5-7-23(18)30-2)28-24(19(15)14-17)27-16-9-11-21(26)20(25)13-16/h3-6,8-14H,7H2,1-2H3,(H,27,28). The van der Waals surface area contributed by atoms with Crippen LogP contribution in [-0.2, 0) is 4.74 Å². The summed E-state index contributed by atoms with van der Waals surface area (Å²) in [5.74, 6) is 1.68. The van der Waals surface area contributed by atoms with Crippen LogP contribution in [0.5, 0.6) is 5.75 Å². The Morgan fingerprint density at radius 3 is 2.67 bits per heavy atom. The fourth-order valence-electron chi connectivity index (χ4n) is 3.33. The van der Waals surface area contributed by atoms with E-state index >= 15 is 0 Å². The second-order valence-corrected chi connectivity index (χ2v) is 7.14. The number of nitrogens with zero attached hydrogens (tertiary/aromatic N) is 1. The van der Waals surface area contributed by atoms with Gasteiger partial charge < -0.3 is 14.8 Å². The Morgan fingerprint density at radius 2 is 1.90 bits per heavy atom. The maximum atomic E-state index is 13.6. The molecule has 1 heterocycles. The van der Waals surface area contributed by atoms with Crippen LogP contribution in [-0.4, -0.2) is 19.2 Å². The molecule has 152 valence electrons. The number of hydrogen-bond acceptors (Lipinski definition) is 4. The quantitative estimate of drug-likeness (QED) is 0.499. The molecule has 2 aromatic carbocycles. The van der Waals surface area contributed by atoms with Gasteiger partial charge in [0.25, 0.3) is 0 Å². The van der Waals surface area contributed by atoms with Crippen molar-refractivity contribution in [3.05, 3.63) is 89.1 Å². The van der Waals surface area contributed by atoms with Gasteiger partial charge in [-0.05, 0) is 47.9 Å². The molecule has 30 heavy (non-hydrogen) atoms. The largest absolute Gasteiger partial charge is 0.500 e. The lowest BCUT2D eigenvalue weighted by molar-refractivity contribution is 0.287. The Balaban J connectivity index is 1.89. The normalized spacial score (nSPS) is 13.5. The Hall–Kier alpha value is -3.31. The average Bonchev–Trinajstić information content (AvgIpc) is 3.01. The number of rotatable bonds is 5. The molecule has 0 fully saturated rings. The number of pyridine rings is 1. The van der Waals surface area contributed by atoms with Gasteiger partial charge in [-0.1, -0.05) is 35.9 Å². The van der Waals surface area contributed by atoms with Gasteiger partial charge in [0.1, 0.15) is 23.1 Å². The summed E-state index contributed by atoms with van der Waals surface area (Å²) in [5.41, 5.74) is 2.30. The molecular formula is C24H20ClFN2O2. The van der Waals surface area contributed by atoms with Crippen LogP contribution in [0.4, 0.5) is 15.9 Å². The van der Waals surface area contributed by atoms with E-state index in [-0.39, 0.29) is 5.02 Å². The van der Waals surface area contributed by atoms with Crippen molar-refractivity contribution in [2.24, 2.45) is 0 Å². The third kappa shape index (κ3) is 4.02. The minimum Gasteiger partial charge on any atom is -0.500 e. The molecule has 0 saturated carbocycles. The van der Waals surface area contributed by atoms with Crippen LogP contribution in [0.2, 0.25) is 5.02 Å². The van der Waals surface area contributed by atoms with Crippen molar-refractivity contribution in [2.45, 2.75) is 6.42 Å². The highest BCUT2D eigenvalue weighted by Gasteiger charge is 2.15. The number of nitrogens with one attached hydrogen (secondary N) is 1. The van der Waals surface area contributed by atoms with E-state index in [9.17, 15) is 4.39 Å². The van der Waals surface area contributed by atoms with Crippen molar-refractivity contribution in [3.63, 3.8) is 0 Å². The van der Waals surface area contributed by atoms with Gasteiger partial charge in [-0.2, -0.15) is 0 Å². The summed E-state index contributed by atoms with van der Waals surface area (Å²) in [7, 11) is 3.28. The molecule has 0 saturated heterocycles. The van der Waals surface area contributed by atoms with Crippen molar-refractivity contribution in [3.8, 4) is 5.75 Å². The molecule has 6 heteroatoms. The highest BCUT2D eigenvalue weighted by molar-refractivity contribution is 6.31. The summed E-state index contributed by atoms with van der Waals surface area (Å²) in [6.45, 7) is 0. The predicted molar refractivity (Wildman–Crippen MR) is 120 cm³/mol. The number of aromatic nitrogens is 1. The molecule has 0 amide bonds. The first kappa shape index (κ1) is 20.0. The monoisotopic (exact) mass is 422 g/mol. The van der Waals surface area contributed by atoms with E-state index in [0.717, 1.165) is 27.8 Å². The third-order valence-corrected chi connectivity index (χ3v) is 5.15. The molecule has 0 spiro atoms. The maximum absolute atomic E-state index is 13.6. The van der Waals surface area contributed by atoms with E-state index in [0.29, 0.717) is 23.7 Å². The molecule has 0 radical (unpaired) electrons. The van der Waals surface area contributed by atoms with Gasteiger partial charge in [0.2, 0.25) is 0 Å². The lowest BCUT2D eigenvalue weighted by Gasteiger charge is -2.15. The maximum Gasteiger partial charge on any atom is 0.141 e. The smallest absolute Gasteiger partial charge is 0.141 e. The van der Waals surface area contributed by atoms with Gasteiger partial charge in [-0.15, -0.1) is 0 Å². The summed E-state index contributed by atoms with van der Waals surface area (Å²) in [5, 5.41) is 5.16. The molecule has 3 aromatic rings. The zero-order chi connectivity index (χ0) is 21.1. The van der Waals surface area contributed by atoms with E-state index in [2.05, 4.69) is 5.32 Å². The summed E-state index contributed by atoms with van der Waals surface area (Å²) in [6, 6.07) is 12.3. The topological polar surface area (TPSA) is 43.4 Å². The minimum absolute atomic E-state index is 0.0418. The van der Waals surface area contributed by atoms with E-state index in [4.69, 9.17) is 26.1 Å². The summed E-state index contributed by atoms with van der Waals surface area (Å²) >= 11 is 5.96. The highest BCUT2D eigenvalue weighted by Crippen LogP contribution is 2.33. The summed E-state index contributed by atoms with van der Waals surface area (Å²) in [4.78, 5) is 4.87. The van der Waals surface area contributed by atoms with Crippen LogP contribution in [0.15, 0.2) is 72.5 Å². The zero-order valence-corrected chi connectivity index (χ0v) is 17.3. The Kier molecular flexibility index (Phi) is 5.72. The number of anilines is 2. The number of allylic oxidation sites excluding steroid dienone is 5.